The summed E-state index contributed by atoms with van der Waals surface area (Å²) in [6.07, 6.45) is 0. The van der Waals surface area contributed by atoms with Gasteiger partial charge in [0.1, 0.15) is 22.3 Å². The zero-order chi connectivity index (χ0) is 29.5. The Morgan fingerprint density at radius 3 is 1.82 bits per heavy atom. The largest absolute Gasteiger partial charge is 0.456 e. The molecule has 0 amide bonds. The van der Waals surface area contributed by atoms with Crippen LogP contribution < -0.4 is 0 Å². The van der Waals surface area contributed by atoms with Crippen molar-refractivity contribution in [2.75, 3.05) is 0 Å². The van der Waals surface area contributed by atoms with Crippen molar-refractivity contribution in [3.63, 3.8) is 0 Å². The molecule has 3 heterocycles. The zero-order valence-electron chi connectivity index (χ0n) is 24.2. The number of benzene rings is 7. The molecule has 0 bridgehead atoms. The SMILES string of the molecule is c1cc(-c2ccc(-n3c4ccccc4c4ccccc43)cc2)cc(-c2cccc3c2oc2c3ccc3oc4ccccc4c32)c1. The summed E-state index contributed by atoms with van der Waals surface area (Å²) >= 11 is 0. The van der Waals surface area contributed by atoms with Gasteiger partial charge in [-0.3, -0.25) is 0 Å². The van der Waals surface area contributed by atoms with Gasteiger partial charge in [0.05, 0.1) is 16.4 Å². The van der Waals surface area contributed by atoms with Gasteiger partial charge < -0.3 is 13.4 Å². The standard InChI is InChI=1S/C42H25NO2/c1-4-16-36-31(11-1)32-12-2-5-17-37(32)43(36)29-21-19-26(20-22-29)27-9-7-10-28(25-27)30-14-8-15-33-34-23-24-39-40(42(34)45-41(30)33)35-13-3-6-18-38(35)44-39/h1-25H. The summed E-state index contributed by atoms with van der Waals surface area (Å²) in [5, 5.41) is 6.85. The molecule has 0 atom stereocenters. The van der Waals surface area contributed by atoms with Gasteiger partial charge in [-0.1, -0.05) is 103 Å². The second-order valence-corrected chi connectivity index (χ2v) is 11.7. The number of para-hydroxylation sites is 4. The fourth-order valence-corrected chi connectivity index (χ4v) is 7.16. The van der Waals surface area contributed by atoms with Crippen LogP contribution in [-0.4, -0.2) is 4.57 Å². The van der Waals surface area contributed by atoms with E-state index in [1.807, 2.05) is 18.2 Å². The molecule has 0 N–H and O–H groups in total. The van der Waals surface area contributed by atoms with E-state index in [-0.39, 0.29) is 0 Å². The Kier molecular flexibility index (Phi) is 5.00. The highest BCUT2D eigenvalue weighted by Gasteiger charge is 2.18. The van der Waals surface area contributed by atoms with Crippen LogP contribution >= 0.6 is 0 Å². The van der Waals surface area contributed by atoms with E-state index in [1.54, 1.807) is 0 Å². The first kappa shape index (κ1) is 24.4. The first-order chi connectivity index (χ1) is 22.3. The molecular weight excluding hydrogens is 550 g/mol. The Morgan fingerprint density at radius 1 is 0.378 bits per heavy atom. The number of hydrogen-bond acceptors (Lipinski definition) is 2. The molecule has 0 spiro atoms. The minimum Gasteiger partial charge on any atom is -0.456 e. The third kappa shape index (κ3) is 3.52. The number of furan rings is 2. The van der Waals surface area contributed by atoms with Crippen LogP contribution in [0.4, 0.5) is 0 Å². The molecule has 0 aliphatic rings. The van der Waals surface area contributed by atoms with Crippen LogP contribution in [0.15, 0.2) is 160 Å². The average Bonchev–Trinajstić information content (AvgIpc) is 3.78. The molecule has 3 aromatic heterocycles. The predicted molar refractivity (Wildman–Crippen MR) is 186 cm³/mol. The summed E-state index contributed by atoms with van der Waals surface area (Å²) in [5.41, 5.74) is 11.6. The van der Waals surface area contributed by atoms with Gasteiger partial charge in [-0.25, -0.2) is 0 Å². The smallest absolute Gasteiger partial charge is 0.147 e. The molecule has 0 unspecified atom stereocenters. The molecule has 0 fully saturated rings. The first-order valence-corrected chi connectivity index (χ1v) is 15.3. The number of aromatic nitrogens is 1. The molecule has 3 nitrogen and oxygen atoms in total. The molecule has 0 saturated heterocycles. The number of rotatable bonds is 3. The van der Waals surface area contributed by atoms with Crippen molar-refractivity contribution in [3.8, 4) is 27.9 Å². The maximum Gasteiger partial charge on any atom is 0.147 e. The normalized spacial score (nSPS) is 12.0. The van der Waals surface area contributed by atoms with Crippen LogP contribution in [0.3, 0.4) is 0 Å². The first-order valence-electron chi connectivity index (χ1n) is 15.3. The zero-order valence-corrected chi connectivity index (χ0v) is 24.2. The van der Waals surface area contributed by atoms with Crippen LogP contribution in [0, 0.1) is 0 Å². The number of hydrogen-bond donors (Lipinski definition) is 0. The lowest BCUT2D eigenvalue weighted by Crippen LogP contribution is -1.93. The van der Waals surface area contributed by atoms with Crippen LogP contribution in [-0.2, 0) is 0 Å². The van der Waals surface area contributed by atoms with E-state index in [0.29, 0.717) is 0 Å². The summed E-state index contributed by atoms with van der Waals surface area (Å²) < 4.78 is 15.2. The number of nitrogens with zero attached hydrogens (tertiary/aromatic N) is 1. The topological polar surface area (TPSA) is 31.2 Å². The molecule has 3 heteroatoms. The monoisotopic (exact) mass is 575 g/mol. The quantitative estimate of drug-likeness (QED) is 0.210. The summed E-state index contributed by atoms with van der Waals surface area (Å²) in [7, 11) is 0. The van der Waals surface area contributed by atoms with Gasteiger partial charge in [-0.05, 0) is 65.2 Å². The highest BCUT2D eigenvalue weighted by molar-refractivity contribution is 6.23. The van der Waals surface area contributed by atoms with Crippen molar-refractivity contribution in [1.82, 2.24) is 4.57 Å². The third-order valence-corrected chi connectivity index (χ3v) is 9.22. The third-order valence-electron chi connectivity index (χ3n) is 9.22. The maximum absolute atomic E-state index is 6.73. The van der Waals surface area contributed by atoms with Crippen LogP contribution in [0.1, 0.15) is 0 Å². The Balaban J connectivity index is 1.09. The lowest BCUT2D eigenvalue weighted by Gasteiger charge is -2.10. The Hall–Kier alpha value is -6.06. The van der Waals surface area contributed by atoms with E-state index >= 15 is 0 Å². The highest BCUT2D eigenvalue weighted by Crippen LogP contribution is 2.42. The average molecular weight is 576 g/mol. The van der Waals surface area contributed by atoms with Crippen LogP contribution in [0.5, 0.6) is 0 Å². The van der Waals surface area contributed by atoms with Gasteiger partial charge in [0.25, 0.3) is 0 Å². The maximum atomic E-state index is 6.73. The van der Waals surface area contributed by atoms with Gasteiger partial charge in [-0.15, -0.1) is 0 Å². The van der Waals surface area contributed by atoms with Crippen molar-refractivity contribution in [3.05, 3.63) is 152 Å². The van der Waals surface area contributed by atoms with Gasteiger partial charge in [-0.2, -0.15) is 0 Å². The molecule has 10 rings (SSSR count). The van der Waals surface area contributed by atoms with Gasteiger partial charge >= 0.3 is 0 Å². The number of fused-ring (bicyclic) bond motifs is 10. The highest BCUT2D eigenvalue weighted by atomic mass is 16.3. The summed E-state index contributed by atoms with van der Waals surface area (Å²) in [6, 6.07) is 53.7. The van der Waals surface area contributed by atoms with Crippen molar-refractivity contribution < 1.29 is 8.83 Å². The Morgan fingerprint density at radius 2 is 1.02 bits per heavy atom. The lowest BCUT2D eigenvalue weighted by atomic mass is 9.97. The van der Waals surface area contributed by atoms with E-state index in [1.165, 1.54) is 27.4 Å². The molecule has 0 radical (unpaired) electrons. The summed E-state index contributed by atoms with van der Waals surface area (Å²) in [4.78, 5) is 0. The van der Waals surface area contributed by atoms with Crippen molar-refractivity contribution >= 4 is 65.7 Å². The molecule has 10 aromatic rings. The fourth-order valence-electron chi connectivity index (χ4n) is 7.16. The van der Waals surface area contributed by atoms with E-state index in [2.05, 4.69) is 138 Å². The lowest BCUT2D eigenvalue weighted by molar-refractivity contribution is 0.663. The molecule has 0 aliphatic heterocycles. The molecule has 210 valence electrons. The van der Waals surface area contributed by atoms with Crippen molar-refractivity contribution in [2.24, 2.45) is 0 Å². The van der Waals surface area contributed by atoms with Gasteiger partial charge in [0.2, 0.25) is 0 Å². The van der Waals surface area contributed by atoms with E-state index in [4.69, 9.17) is 8.83 Å². The van der Waals surface area contributed by atoms with Gasteiger partial charge in [0, 0.05) is 38.2 Å². The molecule has 7 aromatic carbocycles. The second-order valence-electron chi connectivity index (χ2n) is 11.7. The van der Waals surface area contributed by atoms with Crippen molar-refractivity contribution in [2.45, 2.75) is 0 Å². The van der Waals surface area contributed by atoms with Crippen molar-refractivity contribution in [1.29, 1.82) is 0 Å². The van der Waals surface area contributed by atoms with Gasteiger partial charge in [0.15, 0.2) is 0 Å². The van der Waals surface area contributed by atoms with E-state index < -0.39 is 0 Å². The molecular formula is C42H25NO2. The minimum atomic E-state index is 0.843. The molecule has 0 saturated carbocycles. The van der Waals surface area contributed by atoms with E-state index in [0.717, 1.165) is 66.3 Å². The molecule has 0 aliphatic carbocycles. The van der Waals surface area contributed by atoms with Crippen LogP contribution in [0.25, 0.3) is 93.6 Å². The van der Waals surface area contributed by atoms with E-state index in [9.17, 15) is 0 Å². The Bertz CT molecular complexity index is 2700. The fraction of sp³-hybridized carbons (Fsp3) is 0. The second kappa shape index (κ2) is 9.22. The predicted octanol–water partition coefficient (Wildman–Crippen LogP) is 11.9. The molecule has 45 heavy (non-hydrogen) atoms. The minimum absolute atomic E-state index is 0.843. The van der Waals surface area contributed by atoms with Crippen LogP contribution in [0.2, 0.25) is 0 Å². The Labute approximate surface area is 258 Å². The summed E-state index contributed by atoms with van der Waals surface area (Å²) in [6.45, 7) is 0. The summed E-state index contributed by atoms with van der Waals surface area (Å²) in [5.74, 6) is 0.